The van der Waals surface area contributed by atoms with Crippen LogP contribution >= 0.6 is 34.3 Å². The second-order valence-electron chi connectivity index (χ2n) is 7.14. The Morgan fingerprint density at radius 3 is 2.88 bits per heavy atom. The zero-order valence-corrected chi connectivity index (χ0v) is 19.6. The third kappa shape index (κ3) is 4.45. The van der Waals surface area contributed by atoms with Gasteiger partial charge in [0.1, 0.15) is 22.3 Å². The van der Waals surface area contributed by atoms with Gasteiger partial charge in [0.25, 0.3) is 5.91 Å². The Hall–Kier alpha value is -3.34. The number of aryl methyl sites for hydroxylation is 1. The molecule has 11 heteroatoms. The van der Waals surface area contributed by atoms with Crippen molar-refractivity contribution in [2.24, 2.45) is 0 Å². The molecule has 2 aromatic heterocycles. The van der Waals surface area contributed by atoms with Gasteiger partial charge in [0.2, 0.25) is 11.0 Å². The number of anilines is 2. The van der Waals surface area contributed by atoms with E-state index in [9.17, 15) is 9.59 Å². The summed E-state index contributed by atoms with van der Waals surface area (Å²) in [7, 11) is 0. The van der Waals surface area contributed by atoms with Crippen LogP contribution in [0, 0.1) is 6.92 Å². The molecule has 0 aliphatic carbocycles. The number of hydrogen-bond donors (Lipinski definition) is 1. The van der Waals surface area contributed by atoms with E-state index in [2.05, 4.69) is 15.5 Å². The summed E-state index contributed by atoms with van der Waals surface area (Å²) in [6, 6.07) is 13.0. The van der Waals surface area contributed by atoms with E-state index in [0.717, 1.165) is 26.8 Å². The van der Waals surface area contributed by atoms with Gasteiger partial charge in [0, 0.05) is 16.5 Å². The number of benzene rings is 2. The maximum absolute atomic E-state index is 12.6. The number of aromatic nitrogens is 3. The molecule has 2 amide bonds. The minimum absolute atomic E-state index is 0.134. The normalized spacial score (nSPS) is 12.9. The molecule has 33 heavy (non-hydrogen) atoms. The van der Waals surface area contributed by atoms with E-state index in [1.807, 2.05) is 35.7 Å². The third-order valence-electron chi connectivity index (χ3n) is 4.88. The molecule has 0 saturated carbocycles. The largest absolute Gasteiger partial charge is 0.482 e. The molecule has 3 heterocycles. The number of halogens is 1. The van der Waals surface area contributed by atoms with Gasteiger partial charge in [0.15, 0.2) is 6.61 Å². The van der Waals surface area contributed by atoms with E-state index in [1.165, 1.54) is 27.6 Å². The smallest absolute Gasteiger partial charge is 0.265 e. The fourth-order valence-electron chi connectivity index (χ4n) is 3.35. The van der Waals surface area contributed by atoms with Crippen LogP contribution in [-0.2, 0) is 9.59 Å². The monoisotopic (exact) mass is 497 g/mol. The zero-order chi connectivity index (χ0) is 22.9. The van der Waals surface area contributed by atoms with E-state index in [0.29, 0.717) is 21.6 Å². The molecule has 2 aromatic carbocycles. The number of amides is 2. The van der Waals surface area contributed by atoms with E-state index < -0.39 is 0 Å². The lowest BCUT2D eigenvalue weighted by Gasteiger charge is -2.29. The van der Waals surface area contributed by atoms with Crippen LogP contribution in [-0.4, -0.2) is 40.1 Å². The number of carbonyl (C=O) groups excluding carboxylic acids is 2. The fourth-order valence-corrected chi connectivity index (χ4v) is 5.11. The Labute approximate surface area is 201 Å². The summed E-state index contributed by atoms with van der Waals surface area (Å²) in [5.41, 5.74) is 2.91. The molecule has 0 unspecified atom stereocenters. The van der Waals surface area contributed by atoms with Gasteiger partial charge in [-0.3, -0.25) is 19.8 Å². The summed E-state index contributed by atoms with van der Waals surface area (Å²) in [6.07, 6.45) is 0. The molecule has 0 radical (unpaired) electrons. The predicted octanol–water partition coefficient (Wildman–Crippen LogP) is 4.65. The van der Waals surface area contributed by atoms with Gasteiger partial charge in [-0.1, -0.05) is 41.1 Å². The molecule has 0 saturated heterocycles. The summed E-state index contributed by atoms with van der Waals surface area (Å²) in [5, 5.41) is 14.9. The average Bonchev–Trinajstić information content (AvgIpc) is 3.45. The standard InChI is InChI=1S/C22H16ClN5O3S2/c1-12-26-27-22(33-12)25-19(29)9-28-17-8-13(6-7-18(17)31-10-20(28)30)16-11-32-21(24-16)14-4-2-3-5-15(14)23/h2-8,11H,9-10H2,1H3,(H,25,27,29). The summed E-state index contributed by atoms with van der Waals surface area (Å²) in [5.74, 6) is -0.148. The van der Waals surface area contributed by atoms with Crippen molar-refractivity contribution >= 4 is 56.9 Å². The van der Waals surface area contributed by atoms with Crippen molar-refractivity contribution in [3.63, 3.8) is 0 Å². The highest BCUT2D eigenvalue weighted by atomic mass is 35.5. The molecule has 5 rings (SSSR count). The minimum Gasteiger partial charge on any atom is -0.482 e. The number of carbonyl (C=O) groups is 2. The maximum atomic E-state index is 12.6. The van der Waals surface area contributed by atoms with Gasteiger partial charge in [-0.2, -0.15) is 0 Å². The third-order valence-corrected chi connectivity index (χ3v) is 6.84. The Balaban J connectivity index is 1.42. The van der Waals surface area contributed by atoms with Gasteiger partial charge in [-0.05, 0) is 31.2 Å². The molecule has 0 spiro atoms. The van der Waals surface area contributed by atoms with Crippen LogP contribution in [0.25, 0.3) is 21.8 Å². The first kappa shape index (κ1) is 21.5. The summed E-state index contributed by atoms with van der Waals surface area (Å²) >= 11 is 9.06. The number of thiazole rings is 1. The Morgan fingerprint density at radius 1 is 1.24 bits per heavy atom. The molecule has 0 atom stereocenters. The van der Waals surface area contributed by atoms with Crippen molar-refractivity contribution in [1.82, 2.24) is 15.2 Å². The second-order valence-corrected chi connectivity index (χ2v) is 9.59. The van der Waals surface area contributed by atoms with Crippen LogP contribution in [0.15, 0.2) is 47.8 Å². The van der Waals surface area contributed by atoms with E-state index in [1.54, 1.807) is 19.1 Å². The van der Waals surface area contributed by atoms with Crippen molar-refractivity contribution in [3.8, 4) is 27.6 Å². The summed E-state index contributed by atoms with van der Waals surface area (Å²) in [4.78, 5) is 31.3. The number of ether oxygens (including phenoxy) is 1. The predicted molar refractivity (Wildman–Crippen MR) is 129 cm³/mol. The van der Waals surface area contributed by atoms with E-state index in [-0.39, 0.29) is 25.0 Å². The maximum Gasteiger partial charge on any atom is 0.265 e. The van der Waals surface area contributed by atoms with Gasteiger partial charge < -0.3 is 4.74 Å². The second kappa shape index (κ2) is 8.89. The van der Waals surface area contributed by atoms with Gasteiger partial charge >= 0.3 is 0 Å². The molecule has 0 bridgehead atoms. The lowest BCUT2D eigenvalue weighted by atomic mass is 10.1. The highest BCUT2D eigenvalue weighted by Gasteiger charge is 2.28. The van der Waals surface area contributed by atoms with Gasteiger partial charge in [-0.15, -0.1) is 21.5 Å². The molecule has 1 aliphatic rings. The Morgan fingerprint density at radius 2 is 2.09 bits per heavy atom. The number of hydrogen-bond acceptors (Lipinski definition) is 8. The first-order valence-electron chi connectivity index (χ1n) is 9.86. The quantitative estimate of drug-likeness (QED) is 0.431. The number of rotatable bonds is 5. The van der Waals surface area contributed by atoms with E-state index in [4.69, 9.17) is 21.3 Å². The summed E-state index contributed by atoms with van der Waals surface area (Å²) < 4.78 is 5.57. The van der Waals surface area contributed by atoms with Gasteiger partial charge in [-0.25, -0.2) is 4.98 Å². The lowest BCUT2D eigenvalue weighted by Crippen LogP contribution is -2.43. The van der Waals surface area contributed by atoms with Crippen LogP contribution in [0.3, 0.4) is 0 Å². The van der Waals surface area contributed by atoms with Crippen molar-refractivity contribution in [2.45, 2.75) is 6.92 Å². The van der Waals surface area contributed by atoms with Crippen LogP contribution in [0.5, 0.6) is 5.75 Å². The average molecular weight is 498 g/mol. The Kier molecular flexibility index (Phi) is 5.79. The molecule has 1 aliphatic heterocycles. The molecule has 166 valence electrons. The molecule has 4 aromatic rings. The van der Waals surface area contributed by atoms with E-state index >= 15 is 0 Å². The Bertz CT molecular complexity index is 1370. The van der Waals surface area contributed by atoms with Gasteiger partial charge in [0.05, 0.1) is 16.4 Å². The van der Waals surface area contributed by atoms with Crippen LogP contribution in [0.4, 0.5) is 10.8 Å². The SMILES string of the molecule is Cc1nnc(NC(=O)CN2C(=O)COc3ccc(-c4csc(-c5ccccc5Cl)n4)cc32)s1. The number of nitrogens with one attached hydrogen (secondary N) is 1. The van der Waals surface area contributed by atoms with Crippen molar-refractivity contribution in [3.05, 3.63) is 57.9 Å². The zero-order valence-electron chi connectivity index (χ0n) is 17.2. The number of fused-ring (bicyclic) bond motifs is 1. The first-order valence-corrected chi connectivity index (χ1v) is 11.9. The highest BCUT2D eigenvalue weighted by molar-refractivity contribution is 7.15. The summed E-state index contributed by atoms with van der Waals surface area (Å²) in [6.45, 7) is 1.50. The number of nitrogens with zero attached hydrogens (tertiary/aromatic N) is 4. The fraction of sp³-hybridized carbons (Fsp3) is 0.136. The lowest BCUT2D eigenvalue weighted by molar-refractivity contribution is -0.123. The molecule has 8 nitrogen and oxygen atoms in total. The minimum atomic E-state index is -0.368. The molecular weight excluding hydrogens is 482 g/mol. The van der Waals surface area contributed by atoms with Crippen LogP contribution in [0.1, 0.15) is 5.01 Å². The molecular formula is C22H16ClN5O3S2. The van der Waals surface area contributed by atoms with Crippen LogP contribution in [0.2, 0.25) is 5.02 Å². The van der Waals surface area contributed by atoms with Crippen molar-refractivity contribution in [1.29, 1.82) is 0 Å². The van der Waals surface area contributed by atoms with Crippen molar-refractivity contribution in [2.75, 3.05) is 23.4 Å². The van der Waals surface area contributed by atoms with Crippen LogP contribution < -0.4 is 15.0 Å². The first-order chi connectivity index (χ1) is 16.0. The molecule has 0 fully saturated rings. The molecule has 1 N–H and O–H groups in total. The highest BCUT2D eigenvalue weighted by Crippen LogP contribution is 2.38. The van der Waals surface area contributed by atoms with Crippen molar-refractivity contribution < 1.29 is 14.3 Å². The topological polar surface area (TPSA) is 97.3 Å².